The van der Waals surface area contributed by atoms with Crippen LogP contribution in [-0.4, -0.2) is 48.1 Å². The maximum Gasteiger partial charge on any atom is 0.335 e. The van der Waals surface area contributed by atoms with Crippen molar-refractivity contribution in [3.8, 4) is 0 Å². The summed E-state index contributed by atoms with van der Waals surface area (Å²) in [4.78, 5) is 26.8. The summed E-state index contributed by atoms with van der Waals surface area (Å²) in [5.74, 6) is -0.943. The number of carbonyl (C=O) groups excluding carboxylic acids is 1. The van der Waals surface area contributed by atoms with Gasteiger partial charge in [0.15, 0.2) is 0 Å². The lowest BCUT2D eigenvalue weighted by Gasteiger charge is -2.26. The van der Waals surface area contributed by atoms with Gasteiger partial charge in [0, 0.05) is 19.6 Å². The zero-order chi connectivity index (χ0) is 15.6. The number of carboxylic acid groups (broad SMARTS) is 1. The van der Waals surface area contributed by atoms with E-state index in [1.54, 1.807) is 18.0 Å². The van der Waals surface area contributed by atoms with Crippen LogP contribution in [0.25, 0.3) is 0 Å². The summed E-state index contributed by atoms with van der Waals surface area (Å²) >= 11 is 0. The minimum atomic E-state index is -1.02. The first-order valence-corrected chi connectivity index (χ1v) is 7.07. The molecule has 0 bridgehead atoms. The highest BCUT2D eigenvalue weighted by atomic mass is 16.4. The second-order valence-corrected chi connectivity index (χ2v) is 5.35. The zero-order valence-electron chi connectivity index (χ0n) is 12.4. The second-order valence-electron chi connectivity index (χ2n) is 5.35. The number of hydrogen-bond donors (Lipinski definition) is 2. The fraction of sp³-hybridized carbons (Fsp3) is 0.467. The van der Waals surface area contributed by atoms with Gasteiger partial charge in [0.1, 0.15) is 0 Å². The lowest BCUT2D eigenvalue weighted by Crippen LogP contribution is -2.40. The van der Waals surface area contributed by atoms with E-state index in [2.05, 4.69) is 0 Å². The molecule has 0 atom stereocenters. The molecule has 2 rings (SSSR count). The van der Waals surface area contributed by atoms with Crippen molar-refractivity contribution >= 4 is 23.3 Å². The third-order valence-corrected chi connectivity index (χ3v) is 3.71. The smallest absolute Gasteiger partial charge is 0.335 e. The van der Waals surface area contributed by atoms with Gasteiger partial charge in [0.2, 0.25) is 5.91 Å². The zero-order valence-corrected chi connectivity index (χ0v) is 12.4. The Morgan fingerprint density at radius 3 is 2.52 bits per heavy atom. The predicted octanol–water partition coefficient (Wildman–Crippen LogP) is 1.41. The molecule has 1 aromatic rings. The number of rotatable bonds is 6. The molecule has 0 spiro atoms. The molecule has 0 heterocycles. The van der Waals surface area contributed by atoms with Crippen molar-refractivity contribution in [3.63, 3.8) is 0 Å². The Morgan fingerprint density at radius 2 is 2.05 bits per heavy atom. The first-order chi connectivity index (χ1) is 9.93. The summed E-state index contributed by atoms with van der Waals surface area (Å²) in [5, 5.41) is 8.93. The third kappa shape index (κ3) is 3.45. The fourth-order valence-electron chi connectivity index (χ4n) is 2.44. The summed E-state index contributed by atoms with van der Waals surface area (Å²) < 4.78 is 0. The molecule has 1 saturated carbocycles. The number of benzene rings is 1. The van der Waals surface area contributed by atoms with Crippen molar-refractivity contribution in [2.75, 3.05) is 30.8 Å². The van der Waals surface area contributed by atoms with Gasteiger partial charge in [0.05, 0.1) is 23.5 Å². The molecule has 1 aliphatic carbocycles. The first kappa shape index (κ1) is 15.2. The molecule has 1 fully saturated rings. The number of amides is 1. The summed E-state index contributed by atoms with van der Waals surface area (Å²) in [6, 6.07) is 4.94. The maximum atomic E-state index is 12.3. The molecule has 1 aromatic carbocycles. The van der Waals surface area contributed by atoms with Gasteiger partial charge in [-0.25, -0.2) is 4.79 Å². The Balaban J connectivity index is 2.07. The lowest BCUT2D eigenvalue weighted by atomic mass is 10.1. The number of nitrogens with two attached hydrogens (primary N) is 1. The largest absolute Gasteiger partial charge is 0.478 e. The Labute approximate surface area is 124 Å². The topological polar surface area (TPSA) is 86.9 Å². The maximum absolute atomic E-state index is 12.3. The van der Waals surface area contributed by atoms with Gasteiger partial charge in [-0.05, 0) is 38.0 Å². The van der Waals surface area contributed by atoms with Crippen molar-refractivity contribution in [2.45, 2.75) is 25.8 Å². The number of nitrogens with zero attached hydrogens (tertiary/aromatic N) is 2. The van der Waals surface area contributed by atoms with Gasteiger partial charge < -0.3 is 20.6 Å². The molecular weight excluding hydrogens is 270 g/mol. The highest BCUT2D eigenvalue weighted by Gasteiger charge is 2.31. The lowest BCUT2D eigenvalue weighted by molar-refractivity contribution is -0.130. The van der Waals surface area contributed by atoms with Crippen molar-refractivity contribution in [3.05, 3.63) is 23.8 Å². The fourth-order valence-corrected chi connectivity index (χ4v) is 2.44. The number of aromatic carboxylic acids is 1. The van der Waals surface area contributed by atoms with Crippen LogP contribution in [0, 0.1) is 0 Å². The summed E-state index contributed by atoms with van der Waals surface area (Å²) in [7, 11) is 1.78. The Bertz CT molecular complexity index is 555. The minimum Gasteiger partial charge on any atom is -0.478 e. The third-order valence-electron chi connectivity index (χ3n) is 3.71. The van der Waals surface area contributed by atoms with Crippen LogP contribution in [0.15, 0.2) is 18.2 Å². The summed E-state index contributed by atoms with van der Waals surface area (Å²) in [6.07, 6.45) is 2.16. The normalized spacial score (nSPS) is 13.8. The van der Waals surface area contributed by atoms with Crippen molar-refractivity contribution in [1.29, 1.82) is 0 Å². The van der Waals surface area contributed by atoms with E-state index in [1.165, 1.54) is 12.1 Å². The standard InChI is InChI=1S/C15H21N3O3/c1-3-18(11-5-6-11)14(19)9-17(2)13-7-4-10(15(20)21)8-12(13)16/h4,7-8,11H,3,5-6,9,16H2,1-2H3,(H,20,21). The molecule has 0 saturated heterocycles. The SMILES string of the molecule is CCN(C(=O)CN(C)c1ccc(C(=O)O)cc1N)C1CC1. The van der Waals surface area contributed by atoms with E-state index in [9.17, 15) is 9.59 Å². The molecule has 0 aliphatic heterocycles. The first-order valence-electron chi connectivity index (χ1n) is 7.07. The average molecular weight is 291 g/mol. The Kier molecular flexibility index (Phi) is 4.35. The molecule has 0 unspecified atom stereocenters. The van der Waals surface area contributed by atoms with Crippen LogP contribution in [0.1, 0.15) is 30.1 Å². The number of nitrogen functional groups attached to an aromatic ring is 1. The minimum absolute atomic E-state index is 0.0733. The van der Waals surface area contributed by atoms with Gasteiger partial charge >= 0.3 is 5.97 Å². The van der Waals surface area contributed by atoms with Crippen LogP contribution in [-0.2, 0) is 4.79 Å². The van der Waals surface area contributed by atoms with E-state index < -0.39 is 5.97 Å². The van der Waals surface area contributed by atoms with E-state index in [4.69, 9.17) is 10.8 Å². The molecule has 0 aromatic heterocycles. The van der Waals surface area contributed by atoms with Crippen LogP contribution in [0.2, 0.25) is 0 Å². The molecule has 6 heteroatoms. The molecular formula is C15H21N3O3. The van der Waals surface area contributed by atoms with Gasteiger partial charge in [-0.3, -0.25) is 4.79 Å². The van der Waals surface area contributed by atoms with Gasteiger partial charge in [-0.1, -0.05) is 0 Å². The van der Waals surface area contributed by atoms with E-state index in [0.29, 0.717) is 24.0 Å². The molecule has 6 nitrogen and oxygen atoms in total. The molecule has 1 amide bonds. The molecule has 0 radical (unpaired) electrons. The summed E-state index contributed by atoms with van der Waals surface area (Å²) in [6.45, 7) is 2.93. The Hall–Kier alpha value is -2.24. The highest BCUT2D eigenvalue weighted by molar-refractivity contribution is 5.91. The van der Waals surface area contributed by atoms with E-state index in [-0.39, 0.29) is 18.0 Å². The number of carbonyl (C=O) groups is 2. The predicted molar refractivity (Wildman–Crippen MR) is 81.5 cm³/mol. The van der Waals surface area contributed by atoms with Gasteiger partial charge in [0.25, 0.3) is 0 Å². The number of hydrogen-bond acceptors (Lipinski definition) is 4. The molecule has 21 heavy (non-hydrogen) atoms. The van der Waals surface area contributed by atoms with Crippen LogP contribution >= 0.6 is 0 Å². The summed E-state index contributed by atoms with van der Waals surface area (Å²) in [5.41, 5.74) is 7.06. The van der Waals surface area contributed by atoms with Crippen LogP contribution < -0.4 is 10.6 Å². The van der Waals surface area contributed by atoms with Crippen molar-refractivity contribution in [1.82, 2.24) is 4.90 Å². The van der Waals surface area contributed by atoms with Crippen molar-refractivity contribution in [2.24, 2.45) is 0 Å². The quantitative estimate of drug-likeness (QED) is 0.774. The number of likely N-dealkylation sites (N-methyl/N-ethyl adjacent to an activating group) is 2. The second kappa shape index (κ2) is 6.03. The van der Waals surface area contributed by atoms with Gasteiger partial charge in [-0.15, -0.1) is 0 Å². The van der Waals surface area contributed by atoms with E-state index in [1.807, 2.05) is 11.8 Å². The van der Waals surface area contributed by atoms with E-state index in [0.717, 1.165) is 12.8 Å². The Morgan fingerprint density at radius 1 is 1.38 bits per heavy atom. The van der Waals surface area contributed by atoms with Crippen LogP contribution in [0.5, 0.6) is 0 Å². The van der Waals surface area contributed by atoms with Gasteiger partial charge in [-0.2, -0.15) is 0 Å². The molecule has 3 N–H and O–H groups in total. The number of carboxylic acids is 1. The average Bonchev–Trinajstić information content (AvgIpc) is 3.23. The van der Waals surface area contributed by atoms with E-state index >= 15 is 0 Å². The number of anilines is 2. The molecule has 114 valence electrons. The van der Waals surface area contributed by atoms with Crippen LogP contribution in [0.4, 0.5) is 11.4 Å². The van der Waals surface area contributed by atoms with Crippen LogP contribution in [0.3, 0.4) is 0 Å². The highest BCUT2D eigenvalue weighted by Crippen LogP contribution is 2.28. The van der Waals surface area contributed by atoms with Crippen molar-refractivity contribution < 1.29 is 14.7 Å². The molecule has 1 aliphatic rings. The monoisotopic (exact) mass is 291 g/mol.